The normalized spacial score (nSPS) is 15.4. The summed E-state index contributed by atoms with van der Waals surface area (Å²) in [6, 6.07) is 84.8. The average Bonchev–Trinajstić information content (AvgIpc) is 4.06. The SMILES string of the molecule is Cc1ccc2c(c1)C(C)(C)c1ccccc1-2.Cc1ccc2c(c1)C(c1ccccc1)(c1ccc(-c3cccc4c3sc3ccccc34)cc1)c1cc(C3=CCCC=C3)ccc1-2.Cc1ccccc1-c1ccccc1. The van der Waals surface area contributed by atoms with Crippen molar-refractivity contribution in [1.29, 1.82) is 0 Å². The lowest BCUT2D eigenvalue weighted by molar-refractivity contribution is 0.660. The summed E-state index contributed by atoms with van der Waals surface area (Å²) in [7, 11) is 0. The van der Waals surface area contributed by atoms with Crippen molar-refractivity contribution in [2.75, 3.05) is 0 Å². The molecular weight excluding hydrogens is 909 g/mol. The van der Waals surface area contributed by atoms with Crippen LogP contribution in [0.25, 0.3) is 70.3 Å². The minimum absolute atomic E-state index is 0.151. The van der Waals surface area contributed by atoms with E-state index >= 15 is 0 Å². The van der Waals surface area contributed by atoms with Crippen LogP contribution >= 0.6 is 11.3 Å². The summed E-state index contributed by atoms with van der Waals surface area (Å²) in [5.41, 5.74) is 25.2. The van der Waals surface area contributed by atoms with Gasteiger partial charge in [-0.05, 0) is 140 Å². The van der Waals surface area contributed by atoms with Gasteiger partial charge < -0.3 is 0 Å². The van der Waals surface area contributed by atoms with Gasteiger partial charge in [-0.1, -0.05) is 262 Å². The Kier molecular flexibility index (Phi) is 12.3. The summed E-state index contributed by atoms with van der Waals surface area (Å²) in [6.07, 6.45) is 9.21. The zero-order valence-corrected chi connectivity index (χ0v) is 43.8. The second kappa shape index (κ2) is 19.4. The molecule has 0 aliphatic heterocycles. The quantitative estimate of drug-likeness (QED) is 0.161. The smallest absolute Gasteiger partial charge is 0.0713 e. The molecule has 74 heavy (non-hydrogen) atoms. The predicted molar refractivity (Wildman–Crippen MR) is 319 cm³/mol. The van der Waals surface area contributed by atoms with E-state index in [2.05, 4.69) is 277 Å². The highest BCUT2D eigenvalue weighted by molar-refractivity contribution is 7.26. The first-order valence-electron chi connectivity index (χ1n) is 26.2. The van der Waals surface area contributed by atoms with E-state index in [9.17, 15) is 0 Å². The highest BCUT2D eigenvalue weighted by atomic mass is 32.1. The van der Waals surface area contributed by atoms with Crippen LogP contribution in [0.2, 0.25) is 0 Å². The first-order chi connectivity index (χ1) is 36.2. The van der Waals surface area contributed by atoms with Crippen LogP contribution in [-0.2, 0) is 10.8 Å². The lowest BCUT2D eigenvalue weighted by Gasteiger charge is -2.34. The predicted octanol–water partition coefficient (Wildman–Crippen LogP) is 20.1. The van der Waals surface area contributed by atoms with Gasteiger partial charge in [0.25, 0.3) is 0 Å². The molecular formula is C73H60S. The van der Waals surface area contributed by atoms with E-state index in [1.807, 2.05) is 17.4 Å². The van der Waals surface area contributed by atoms with Crippen LogP contribution in [0.1, 0.15) is 82.3 Å². The molecule has 0 amide bonds. The molecule has 0 saturated carbocycles. The molecule has 3 aliphatic rings. The van der Waals surface area contributed by atoms with Gasteiger partial charge >= 0.3 is 0 Å². The summed E-state index contributed by atoms with van der Waals surface area (Å²) in [5.74, 6) is 0. The van der Waals surface area contributed by atoms with Crippen LogP contribution in [0.3, 0.4) is 0 Å². The molecule has 0 spiro atoms. The number of thiophene rings is 1. The highest BCUT2D eigenvalue weighted by Crippen LogP contribution is 2.57. The standard InChI is InChI=1S/C44H32S.C16H16.C13H12/c1-29-19-25-36-37-26-22-32(30-11-4-2-5-12-30)28-41(37)44(40(36)27-29,33-13-6-3-7-14-33)34-23-20-31(21-24-34)35-16-10-17-39-38-15-8-9-18-42(38)45-43(35)39;1-11-8-9-13-12-6-4-5-7-14(12)16(2,3)15(13)10-11;1-11-7-5-6-10-13(11)12-8-3-2-4-9-12/h3-4,6-28H,2,5H2,1H3;4-10H,1-3H3;2-10H,1H3. The van der Waals surface area contributed by atoms with Crippen molar-refractivity contribution in [2.45, 2.75) is 58.3 Å². The average molecular weight is 969 g/mol. The Hall–Kier alpha value is -8.10. The lowest BCUT2D eigenvalue weighted by Crippen LogP contribution is -2.28. The third kappa shape index (κ3) is 8.17. The van der Waals surface area contributed by atoms with Gasteiger partial charge in [0.1, 0.15) is 0 Å². The highest BCUT2D eigenvalue weighted by Gasteiger charge is 2.46. The maximum Gasteiger partial charge on any atom is 0.0713 e. The van der Waals surface area contributed by atoms with Gasteiger partial charge in [0, 0.05) is 25.6 Å². The second-order valence-electron chi connectivity index (χ2n) is 20.8. The van der Waals surface area contributed by atoms with Gasteiger partial charge in [0.2, 0.25) is 0 Å². The van der Waals surface area contributed by atoms with Gasteiger partial charge in [-0.2, -0.15) is 0 Å². The molecule has 0 nitrogen and oxygen atoms in total. The topological polar surface area (TPSA) is 0 Å². The van der Waals surface area contributed by atoms with Gasteiger partial charge in [0.15, 0.2) is 0 Å². The van der Waals surface area contributed by atoms with Gasteiger partial charge in [-0.3, -0.25) is 0 Å². The number of benzene rings is 10. The third-order valence-electron chi connectivity index (χ3n) is 15.8. The van der Waals surface area contributed by atoms with E-state index in [-0.39, 0.29) is 5.41 Å². The van der Waals surface area contributed by atoms with Gasteiger partial charge in [-0.15, -0.1) is 11.3 Å². The molecule has 11 aromatic rings. The fourth-order valence-electron chi connectivity index (χ4n) is 12.1. The van der Waals surface area contributed by atoms with E-state index in [0.717, 1.165) is 12.8 Å². The zero-order chi connectivity index (χ0) is 50.4. The molecule has 0 N–H and O–H groups in total. The van der Waals surface area contributed by atoms with E-state index in [4.69, 9.17) is 0 Å². The van der Waals surface area contributed by atoms with Crippen LogP contribution in [0.5, 0.6) is 0 Å². The molecule has 0 saturated heterocycles. The zero-order valence-electron chi connectivity index (χ0n) is 43.0. The number of allylic oxidation sites excluding steroid dienone is 4. The minimum atomic E-state index is -0.422. The van der Waals surface area contributed by atoms with Crippen molar-refractivity contribution in [3.05, 3.63) is 304 Å². The Bertz CT molecular complexity index is 3940. The Morgan fingerprint density at radius 1 is 0.378 bits per heavy atom. The number of hydrogen-bond acceptors (Lipinski definition) is 1. The molecule has 1 atom stereocenters. The second-order valence-corrected chi connectivity index (χ2v) is 21.9. The molecule has 10 aromatic carbocycles. The minimum Gasteiger partial charge on any atom is -0.135 e. The molecule has 3 aliphatic carbocycles. The number of fused-ring (bicyclic) bond motifs is 9. The van der Waals surface area contributed by atoms with Gasteiger partial charge in [0.05, 0.1) is 5.41 Å². The van der Waals surface area contributed by atoms with E-state index in [0.29, 0.717) is 0 Å². The van der Waals surface area contributed by atoms with Crippen LogP contribution in [0.4, 0.5) is 0 Å². The van der Waals surface area contributed by atoms with Crippen molar-refractivity contribution in [2.24, 2.45) is 0 Å². The van der Waals surface area contributed by atoms with Crippen LogP contribution < -0.4 is 0 Å². The number of aryl methyl sites for hydroxylation is 3. The van der Waals surface area contributed by atoms with Crippen LogP contribution in [0, 0.1) is 20.8 Å². The van der Waals surface area contributed by atoms with E-state index in [1.165, 1.54) is 126 Å². The molecule has 0 radical (unpaired) electrons. The molecule has 1 heteroatoms. The van der Waals surface area contributed by atoms with Crippen molar-refractivity contribution < 1.29 is 0 Å². The summed E-state index contributed by atoms with van der Waals surface area (Å²) in [6.45, 7) is 11.2. The lowest BCUT2D eigenvalue weighted by atomic mass is 9.67. The number of hydrogen-bond donors (Lipinski definition) is 0. The van der Waals surface area contributed by atoms with Crippen molar-refractivity contribution in [3.63, 3.8) is 0 Å². The molecule has 0 bridgehead atoms. The molecule has 14 rings (SSSR count). The van der Waals surface area contributed by atoms with Crippen LogP contribution in [-0.4, -0.2) is 0 Å². The first-order valence-corrected chi connectivity index (χ1v) is 27.0. The largest absolute Gasteiger partial charge is 0.135 e. The summed E-state index contributed by atoms with van der Waals surface area (Å²) in [5, 5.41) is 2.68. The Morgan fingerprint density at radius 2 is 0.919 bits per heavy atom. The third-order valence-corrected chi connectivity index (χ3v) is 17.0. The summed E-state index contributed by atoms with van der Waals surface area (Å²) >= 11 is 1.90. The summed E-state index contributed by atoms with van der Waals surface area (Å²) < 4.78 is 2.70. The van der Waals surface area contributed by atoms with Crippen molar-refractivity contribution >= 4 is 37.1 Å². The molecule has 358 valence electrons. The maximum absolute atomic E-state index is 2.48. The fourth-order valence-corrected chi connectivity index (χ4v) is 13.4. The van der Waals surface area contributed by atoms with E-state index < -0.39 is 5.41 Å². The molecule has 1 unspecified atom stereocenters. The van der Waals surface area contributed by atoms with E-state index in [1.54, 1.807) is 0 Å². The van der Waals surface area contributed by atoms with Crippen LogP contribution in [0.15, 0.2) is 249 Å². The Morgan fingerprint density at radius 3 is 1.65 bits per heavy atom. The molecule has 0 fully saturated rings. The van der Waals surface area contributed by atoms with Gasteiger partial charge in [-0.25, -0.2) is 0 Å². The Labute approximate surface area is 441 Å². The van der Waals surface area contributed by atoms with Crippen molar-refractivity contribution in [3.8, 4) is 44.5 Å². The summed E-state index contributed by atoms with van der Waals surface area (Å²) in [4.78, 5) is 0. The van der Waals surface area contributed by atoms with Crippen molar-refractivity contribution in [1.82, 2.24) is 0 Å². The Balaban J connectivity index is 0.000000155. The fraction of sp³-hybridized carbons (Fsp3) is 0.123. The maximum atomic E-state index is 2.48. The monoisotopic (exact) mass is 968 g/mol. The first kappa shape index (κ1) is 46.9. The molecule has 1 heterocycles. The number of rotatable bonds is 5. The molecule has 1 aromatic heterocycles.